The molecule has 2 N–H and O–H groups in total. The second-order valence-corrected chi connectivity index (χ2v) is 8.14. The highest BCUT2D eigenvalue weighted by atomic mass is 16.5. The van der Waals surface area contributed by atoms with Gasteiger partial charge in [0.1, 0.15) is 5.75 Å². The van der Waals surface area contributed by atoms with E-state index in [0.717, 1.165) is 60.7 Å². The zero-order valence-corrected chi connectivity index (χ0v) is 17.9. The number of aromatic nitrogens is 3. The molecule has 3 aromatic rings. The van der Waals surface area contributed by atoms with Gasteiger partial charge in [-0.3, -0.25) is 9.88 Å². The lowest BCUT2D eigenvalue weighted by Gasteiger charge is -2.33. The third-order valence-electron chi connectivity index (χ3n) is 5.74. The Labute approximate surface area is 178 Å². The quantitative estimate of drug-likeness (QED) is 0.690. The zero-order valence-electron chi connectivity index (χ0n) is 17.9. The van der Waals surface area contributed by atoms with Gasteiger partial charge in [0.05, 0.1) is 7.11 Å². The van der Waals surface area contributed by atoms with Gasteiger partial charge in [-0.2, -0.15) is 0 Å². The fourth-order valence-corrected chi connectivity index (χ4v) is 4.22. The molecular weight excluding hydrogens is 374 g/mol. The average Bonchev–Trinajstić information content (AvgIpc) is 2.75. The van der Waals surface area contributed by atoms with Crippen molar-refractivity contribution in [2.24, 2.45) is 0 Å². The maximum atomic E-state index is 5.64. The first-order valence-corrected chi connectivity index (χ1v) is 10.4. The van der Waals surface area contributed by atoms with E-state index in [2.05, 4.69) is 52.1 Å². The Morgan fingerprint density at radius 1 is 1.10 bits per heavy atom. The number of ether oxygens (including phenoxy) is 1. The molecule has 0 aliphatic carbocycles. The zero-order chi connectivity index (χ0) is 21.1. The van der Waals surface area contributed by atoms with E-state index < -0.39 is 0 Å². The van der Waals surface area contributed by atoms with E-state index in [1.807, 2.05) is 6.92 Å². The van der Waals surface area contributed by atoms with Crippen molar-refractivity contribution in [1.29, 1.82) is 0 Å². The number of methoxy groups -OCH3 is 1. The standard InChI is InChI=1S/C24H29N5O/c1-16-6-7-19(23(9-16)30-3)15-29-8-4-5-18(14-29)22-11-20(10-17(2)28-22)21-12-26-24(25)27-13-21/h6-7,9-13,18H,4-5,8,14-15H2,1-3H3,(H2,25,26,27). The molecule has 0 radical (unpaired) electrons. The molecule has 0 spiro atoms. The van der Waals surface area contributed by atoms with Crippen LogP contribution in [0.3, 0.4) is 0 Å². The predicted molar refractivity (Wildman–Crippen MR) is 119 cm³/mol. The van der Waals surface area contributed by atoms with Crippen LogP contribution in [0.2, 0.25) is 0 Å². The Bertz CT molecular complexity index is 1020. The monoisotopic (exact) mass is 403 g/mol. The molecule has 3 heterocycles. The summed E-state index contributed by atoms with van der Waals surface area (Å²) in [5, 5.41) is 0. The van der Waals surface area contributed by atoms with E-state index in [1.165, 1.54) is 11.1 Å². The number of rotatable bonds is 5. The summed E-state index contributed by atoms with van der Waals surface area (Å²) in [6.07, 6.45) is 5.86. The molecule has 6 nitrogen and oxygen atoms in total. The average molecular weight is 404 g/mol. The van der Waals surface area contributed by atoms with Crippen LogP contribution in [-0.4, -0.2) is 40.1 Å². The Kier molecular flexibility index (Phi) is 5.95. The first kappa shape index (κ1) is 20.3. The minimum atomic E-state index is 0.291. The van der Waals surface area contributed by atoms with Crippen molar-refractivity contribution in [3.05, 3.63) is 65.2 Å². The van der Waals surface area contributed by atoms with Crippen LogP contribution in [0.15, 0.2) is 42.7 Å². The molecule has 156 valence electrons. The van der Waals surface area contributed by atoms with Crippen LogP contribution in [0, 0.1) is 13.8 Å². The summed E-state index contributed by atoms with van der Waals surface area (Å²) in [6.45, 7) is 7.12. The fraction of sp³-hybridized carbons (Fsp3) is 0.375. The maximum absolute atomic E-state index is 5.64. The SMILES string of the molecule is COc1cc(C)ccc1CN1CCCC(c2cc(-c3cnc(N)nc3)cc(C)n2)C1. The highest BCUT2D eigenvalue weighted by Gasteiger charge is 2.24. The fourth-order valence-electron chi connectivity index (χ4n) is 4.22. The van der Waals surface area contributed by atoms with Crippen molar-refractivity contribution in [2.45, 2.75) is 39.2 Å². The van der Waals surface area contributed by atoms with Crippen LogP contribution in [0.5, 0.6) is 5.75 Å². The van der Waals surface area contributed by atoms with Crippen LogP contribution < -0.4 is 10.5 Å². The number of benzene rings is 1. The van der Waals surface area contributed by atoms with Crippen molar-refractivity contribution in [3.63, 3.8) is 0 Å². The molecule has 0 saturated carbocycles. The lowest BCUT2D eigenvalue weighted by atomic mass is 9.92. The third kappa shape index (κ3) is 4.60. The molecule has 30 heavy (non-hydrogen) atoms. The summed E-state index contributed by atoms with van der Waals surface area (Å²) in [5.41, 5.74) is 12.3. The van der Waals surface area contributed by atoms with Gasteiger partial charge in [0.2, 0.25) is 5.95 Å². The highest BCUT2D eigenvalue weighted by molar-refractivity contribution is 5.63. The number of nitrogen functional groups attached to an aromatic ring is 1. The molecule has 1 atom stereocenters. The molecule has 1 aliphatic rings. The molecule has 4 rings (SSSR count). The predicted octanol–water partition coefficient (Wildman–Crippen LogP) is 4.13. The molecule has 1 aromatic carbocycles. The molecule has 1 unspecified atom stereocenters. The van der Waals surface area contributed by atoms with Crippen molar-refractivity contribution in [2.75, 3.05) is 25.9 Å². The topological polar surface area (TPSA) is 77.2 Å². The largest absolute Gasteiger partial charge is 0.496 e. The summed E-state index contributed by atoms with van der Waals surface area (Å²) < 4.78 is 5.61. The Hall–Kier alpha value is -2.99. The van der Waals surface area contributed by atoms with Crippen molar-refractivity contribution in [1.82, 2.24) is 19.9 Å². The number of piperidine rings is 1. The van der Waals surface area contributed by atoms with E-state index >= 15 is 0 Å². The van der Waals surface area contributed by atoms with Crippen LogP contribution in [0.4, 0.5) is 5.95 Å². The number of aryl methyl sites for hydroxylation is 2. The summed E-state index contributed by atoms with van der Waals surface area (Å²) >= 11 is 0. The molecule has 1 saturated heterocycles. The number of hydrogen-bond donors (Lipinski definition) is 1. The van der Waals surface area contributed by atoms with Crippen LogP contribution in [0.25, 0.3) is 11.1 Å². The smallest absolute Gasteiger partial charge is 0.219 e. The van der Waals surface area contributed by atoms with E-state index in [9.17, 15) is 0 Å². The minimum Gasteiger partial charge on any atom is -0.496 e. The van der Waals surface area contributed by atoms with Gasteiger partial charge in [-0.15, -0.1) is 0 Å². The number of pyridine rings is 1. The van der Waals surface area contributed by atoms with Crippen molar-refractivity contribution in [3.8, 4) is 16.9 Å². The Balaban J connectivity index is 1.54. The lowest BCUT2D eigenvalue weighted by molar-refractivity contribution is 0.196. The van der Waals surface area contributed by atoms with Crippen LogP contribution >= 0.6 is 0 Å². The van der Waals surface area contributed by atoms with Crippen LogP contribution in [-0.2, 0) is 6.54 Å². The van der Waals surface area contributed by atoms with Gasteiger partial charge in [0, 0.05) is 53.9 Å². The van der Waals surface area contributed by atoms with Crippen LogP contribution in [0.1, 0.15) is 41.3 Å². The van der Waals surface area contributed by atoms with Gasteiger partial charge in [-0.1, -0.05) is 12.1 Å². The van der Waals surface area contributed by atoms with Gasteiger partial charge in [-0.25, -0.2) is 9.97 Å². The van der Waals surface area contributed by atoms with E-state index in [1.54, 1.807) is 19.5 Å². The first-order chi connectivity index (χ1) is 14.5. The van der Waals surface area contributed by atoms with Gasteiger partial charge in [0.15, 0.2) is 0 Å². The minimum absolute atomic E-state index is 0.291. The summed E-state index contributed by atoms with van der Waals surface area (Å²) in [7, 11) is 1.75. The summed E-state index contributed by atoms with van der Waals surface area (Å²) in [5.74, 6) is 1.67. The Morgan fingerprint density at radius 2 is 1.90 bits per heavy atom. The second kappa shape index (κ2) is 8.79. The highest BCUT2D eigenvalue weighted by Crippen LogP contribution is 2.31. The maximum Gasteiger partial charge on any atom is 0.219 e. The number of anilines is 1. The molecule has 1 aliphatic heterocycles. The van der Waals surface area contributed by atoms with Crippen molar-refractivity contribution < 1.29 is 4.74 Å². The van der Waals surface area contributed by atoms with Gasteiger partial charge in [-0.05, 0) is 62.6 Å². The Morgan fingerprint density at radius 3 is 2.67 bits per heavy atom. The molecule has 6 heteroatoms. The molecule has 0 amide bonds. The second-order valence-electron chi connectivity index (χ2n) is 8.14. The molecule has 1 fully saturated rings. The molecular formula is C24H29N5O. The summed E-state index contributed by atoms with van der Waals surface area (Å²) in [4.78, 5) is 15.7. The number of hydrogen-bond acceptors (Lipinski definition) is 6. The number of likely N-dealkylation sites (tertiary alicyclic amines) is 1. The van der Waals surface area contributed by atoms with Crippen molar-refractivity contribution >= 4 is 5.95 Å². The van der Waals surface area contributed by atoms with Gasteiger partial charge in [0.25, 0.3) is 0 Å². The summed E-state index contributed by atoms with van der Waals surface area (Å²) in [6, 6.07) is 10.7. The van der Waals surface area contributed by atoms with Gasteiger partial charge < -0.3 is 10.5 Å². The van der Waals surface area contributed by atoms with Gasteiger partial charge >= 0.3 is 0 Å². The van der Waals surface area contributed by atoms with E-state index in [-0.39, 0.29) is 0 Å². The third-order valence-corrected chi connectivity index (χ3v) is 5.74. The number of nitrogens with two attached hydrogens (primary N) is 1. The first-order valence-electron chi connectivity index (χ1n) is 10.4. The molecule has 2 aromatic heterocycles. The van der Waals surface area contributed by atoms with E-state index in [0.29, 0.717) is 11.9 Å². The molecule has 0 bridgehead atoms. The number of nitrogens with zero attached hydrogens (tertiary/aromatic N) is 4. The lowest BCUT2D eigenvalue weighted by Crippen LogP contribution is -2.34. The normalized spacial score (nSPS) is 17.1. The van der Waals surface area contributed by atoms with E-state index in [4.69, 9.17) is 15.5 Å².